The second-order valence-electron chi connectivity index (χ2n) is 8.42. The lowest BCUT2D eigenvalue weighted by atomic mass is 10.0. The van der Waals surface area contributed by atoms with Gasteiger partial charge in [0, 0.05) is 48.7 Å². The van der Waals surface area contributed by atoms with Gasteiger partial charge >= 0.3 is 0 Å². The monoisotopic (exact) mass is 452 g/mol. The first-order valence-corrected chi connectivity index (χ1v) is 11.2. The van der Waals surface area contributed by atoms with E-state index in [1.807, 2.05) is 52.8 Å². The number of anilines is 1. The van der Waals surface area contributed by atoms with Gasteiger partial charge in [0.05, 0.1) is 6.20 Å². The number of hydrogen-bond acceptors (Lipinski definition) is 6. The summed E-state index contributed by atoms with van der Waals surface area (Å²) in [4.78, 5) is 0. The summed E-state index contributed by atoms with van der Waals surface area (Å²) in [5, 5.41) is 16.5. The molecule has 2 aromatic carbocycles. The van der Waals surface area contributed by atoms with Gasteiger partial charge in [0.1, 0.15) is 5.82 Å². The van der Waals surface area contributed by atoms with Gasteiger partial charge in [-0.3, -0.25) is 9.08 Å². The van der Waals surface area contributed by atoms with Crippen LogP contribution in [0.5, 0.6) is 11.5 Å². The van der Waals surface area contributed by atoms with Crippen molar-refractivity contribution in [2.45, 2.75) is 19.9 Å². The van der Waals surface area contributed by atoms with Crippen LogP contribution in [0.3, 0.4) is 0 Å². The van der Waals surface area contributed by atoms with Gasteiger partial charge in [0.2, 0.25) is 6.79 Å². The summed E-state index contributed by atoms with van der Waals surface area (Å²) in [6.07, 6.45) is 4.59. The van der Waals surface area contributed by atoms with E-state index in [1.165, 1.54) is 5.56 Å². The summed E-state index contributed by atoms with van der Waals surface area (Å²) >= 11 is 0. The lowest BCUT2D eigenvalue weighted by Gasteiger charge is -2.11. The largest absolute Gasteiger partial charge is 0.454 e. The Labute approximate surface area is 196 Å². The molecule has 8 heteroatoms. The maximum atomic E-state index is 5.76. The minimum Gasteiger partial charge on any atom is -0.454 e. The Morgan fingerprint density at radius 1 is 0.971 bits per heavy atom. The number of hydrogen-bond donors (Lipinski definition) is 1. The second-order valence-corrected chi connectivity index (χ2v) is 8.42. The Bertz CT molecular complexity index is 1490. The number of rotatable bonds is 6. The summed E-state index contributed by atoms with van der Waals surface area (Å²) in [5.74, 6) is 2.48. The van der Waals surface area contributed by atoms with E-state index in [0.29, 0.717) is 6.54 Å². The van der Waals surface area contributed by atoms with Gasteiger partial charge < -0.3 is 14.8 Å². The first kappa shape index (κ1) is 20.3. The van der Waals surface area contributed by atoms with Crippen molar-refractivity contribution in [3.63, 3.8) is 0 Å². The van der Waals surface area contributed by atoms with E-state index in [1.54, 1.807) is 0 Å². The van der Waals surface area contributed by atoms with Crippen LogP contribution in [0, 0.1) is 6.92 Å². The van der Waals surface area contributed by atoms with Crippen molar-refractivity contribution in [2.75, 3.05) is 12.1 Å². The topological polar surface area (TPSA) is 78.5 Å². The van der Waals surface area contributed by atoms with Gasteiger partial charge in [-0.1, -0.05) is 18.2 Å². The fraction of sp³-hybridized carbons (Fsp3) is 0.192. The van der Waals surface area contributed by atoms with Crippen molar-refractivity contribution in [1.82, 2.24) is 24.4 Å². The Balaban J connectivity index is 1.19. The average Bonchev–Trinajstić information content (AvgIpc) is 3.58. The fourth-order valence-electron chi connectivity index (χ4n) is 4.27. The molecule has 34 heavy (non-hydrogen) atoms. The molecular weight excluding hydrogens is 428 g/mol. The van der Waals surface area contributed by atoms with Gasteiger partial charge in [-0.15, -0.1) is 10.2 Å². The number of fused-ring (bicyclic) bond motifs is 2. The second kappa shape index (κ2) is 8.22. The summed E-state index contributed by atoms with van der Waals surface area (Å²) in [7, 11) is 1.94. The van der Waals surface area contributed by atoms with E-state index in [-0.39, 0.29) is 6.79 Å². The third-order valence-electron chi connectivity index (χ3n) is 6.25. The van der Waals surface area contributed by atoms with Gasteiger partial charge in [0.15, 0.2) is 17.1 Å². The van der Waals surface area contributed by atoms with Gasteiger partial charge in [-0.2, -0.15) is 5.10 Å². The quantitative estimate of drug-likeness (QED) is 0.412. The highest BCUT2D eigenvalue weighted by Crippen LogP contribution is 2.43. The molecule has 5 aromatic rings. The molecule has 1 aliphatic heterocycles. The van der Waals surface area contributed by atoms with Crippen molar-refractivity contribution in [3.05, 3.63) is 89.6 Å². The minimum absolute atomic E-state index is 0.237. The average molecular weight is 453 g/mol. The Morgan fingerprint density at radius 2 is 1.85 bits per heavy atom. The molecule has 8 nitrogen and oxygen atoms in total. The number of pyridine rings is 1. The Kier molecular flexibility index (Phi) is 4.91. The maximum Gasteiger partial charge on any atom is 0.231 e. The van der Waals surface area contributed by atoms with Crippen LogP contribution in [0.15, 0.2) is 67.0 Å². The van der Waals surface area contributed by atoms with Crippen molar-refractivity contribution >= 4 is 11.3 Å². The molecule has 4 heterocycles. The molecule has 0 unspecified atom stereocenters. The zero-order valence-corrected chi connectivity index (χ0v) is 19.0. The lowest BCUT2D eigenvalue weighted by molar-refractivity contribution is 0.174. The highest BCUT2D eigenvalue weighted by atomic mass is 16.7. The zero-order chi connectivity index (χ0) is 23.1. The van der Waals surface area contributed by atoms with Crippen LogP contribution in [-0.4, -0.2) is 31.2 Å². The summed E-state index contributed by atoms with van der Waals surface area (Å²) < 4.78 is 15.4. The summed E-state index contributed by atoms with van der Waals surface area (Å²) in [5.41, 5.74) is 7.35. The van der Waals surface area contributed by atoms with E-state index < -0.39 is 0 Å². The molecule has 0 fully saturated rings. The number of aromatic nitrogens is 5. The molecule has 3 aromatic heterocycles. The molecule has 6 rings (SSSR count). The number of benzene rings is 2. The van der Waals surface area contributed by atoms with E-state index >= 15 is 0 Å². The number of ether oxygens (including phenoxy) is 2. The molecule has 0 radical (unpaired) electrons. The highest BCUT2D eigenvalue weighted by Gasteiger charge is 2.22. The molecule has 1 N–H and O–H groups in total. The third kappa shape index (κ3) is 3.63. The van der Waals surface area contributed by atoms with Gasteiger partial charge in [-0.25, -0.2) is 0 Å². The van der Waals surface area contributed by atoms with Crippen LogP contribution < -0.4 is 14.8 Å². The minimum atomic E-state index is 0.237. The molecule has 0 saturated heterocycles. The van der Waals surface area contributed by atoms with Gasteiger partial charge in [-0.05, 0) is 54.4 Å². The normalized spacial score (nSPS) is 12.4. The van der Waals surface area contributed by atoms with Crippen LogP contribution in [0.25, 0.3) is 16.8 Å². The SMILES string of the molecule is Cc1c(-c2cc(CNc3ccc(Cc4nnc5ccccn45)cc3)cc3c2OCO3)cnn1C. The summed E-state index contributed by atoms with van der Waals surface area (Å²) in [6, 6.07) is 18.5. The molecular formula is C26H24N6O2. The maximum absolute atomic E-state index is 5.76. The van der Waals surface area contributed by atoms with Crippen LogP contribution in [-0.2, 0) is 20.0 Å². The highest BCUT2D eigenvalue weighted by molar-refractivity contribution is 5.76. The van der Waals surface area contributed by atoms with Gasteiger partial charge in [0.25, 0.3) is 0 Å². The van der Waals surface area contributed by atoms with E-state index in [9.17, 15) is 0 Å². The number of nitrogens with one attached hydrogen (secondary N) is 1. The molecule has 0 amide bonds. The molecule has 0 spiro atoms. The third-order valence-corrected chi connectivity index (χ3v) is 6.25. The van der Waals surface area contributed by atoms with Crippen molar-refractivity contribution in [2.24, 2.45) is 7.05 Å². The predicted octanol–water partition coefficient (Wildman–Crippen LogP) is 4.37. The van der Waals surface area contributed by atoms with Crippen LogP contribution >= 0.6 is 0 Å². The zero-order valence-electron chi connectivity index (χ0n) is 19.0. The number of nitrogens with zero attached hydrogens (tertiary/aromatic N) is 5. The van der Waals surface area contributed by atoms with Crippen LogP contribution in [0.1, 0.15) is 22.6 Å². The van der Waals surface area contributed by atoms with E-state index in [2.05, 4.69) is 57.9 Å². The number of aryl methyl sites for hydroxylation is 1. The van der Waals surface area contributed by atoms with Crippen LogP contribution in [0.4, 0.5) is 5.69 Å². The predicted molar refractivity (Wildman–Crippen MR) is 129 cm³/mol. The smallest absolute Gasteiger partial charge is 0.231 e. The van der Waals surface area contributed by atoms with Crippen LogP contribution in [0.2, 0.25) is 0 Å². The van der Waals surface area contributed by atoms with E-state index in [0.717, 1.165) is 57.5 Å². The molecule has 0 saturated carbocycles. The Morgan fingerprint density at radius 3 is 2.68 bits per heavy atom. The standard InChI is InChI=1S/C26H24N6O2/c1-17-22(15-28-31(17)2)21-11-19(12-23-26(21)34-16-33-23)14-27-20-8-6-18(7-9-20)13-25-30-29-24-5-3-4-10-32(24)25/h3-12,15,27H,13-14,16H2,1-2H3. The van der Waals surface area contributed by atoms with Crippen molar-refractivity contribution < 1.29 is 9.47 Å². The lowest BCUT2D eigenvalue weighted by Crippen LogP contribution is -2.01. The molecule has 170 valence electrons. The first-order valence-electron chi connectivity index (χ1n) is 11.2. The fourth-order valence-corrected chi connectivity index (χ4v) is 4.27. The molecule has 0 aliphatic carbocycles. The molecule has 0 atom stereocenters. The molecule has 1 aliphatic rings. The van der Waals surface area contributed by atoms with E-state index in [4.69, 9.17) is 9.47 Å². The van der Waals surface area contributed by atoms with Crippen molar-refractivity contribution in [1.29, 1.82) is 0 Å². The summed E-state index contributed by atoms with van der Waals surface area (Å²) in [6.45, 7) is 2.96. The Hall–Kier alpha value is -4.33. The van der Waals surface area contributed by atoms with Crippen molar-refractivity contribution in [3.8, 4) is 22.6 Å². The molecule has 0 bridgehead atoms. The first-order chi connectivity index (χ1) is 16.7.